The predicted octanol–water partition coefficient (Wildman–Crippen LogP) is 1.49. The van der Waals surface area contributed by atoms with Gasteiger partial charge in [-0.1, -0.05) is 0 Å². The van der Waals surface area contributed by atoms with E-state index in [-0.39, 0.29) is 18.5 Å². The molecule has 58 valence electrons. The molecule has 0 radical (unpaired) electrons. The number of hydrogen-bond acceptors (Lipinski definition) is 1. The third kappa shape index (κ3) is 0.698. The molecule has 2 heterocycles. The maximum Gasteiger partial charge on any atom is 0.262 e. The minimum absolute atomic E-state index is 0.0104. The topological polar surface area (TPSA) is 3.24 Å². The van der Waals surface area contributed by atoms with Crippen LogP contribution >= 0.6 is 0 Å². The second-order valence-electron chi connectivity index (χ2n) is 3.70. The summed E-state index contributed by atoms with van der Waals surface area (Å²) in [4.78, 5) is 1.88. The molecule has 0 amide bonds. The van der Waals surface area contributed by atoms with Gasteiger partial charge in [0.1, 0.15) is 0 Å². The van der Waals surface area contributed by atoms with Gasteiger partial charge < -0.3 is 0 Å². The Hall–Kier alpha value is -0.180. The molecule has 0 N–H and O–H groups in total. The summed E-state index contributed by atoms with van der Waals surface area (Å²) in [6, 6.07) is 0. The zero-order chi connectivity index (χ0) is 7.41. The lowest BCUT2D eigenvalue weighted by atomic mass is 9.87. The van der Waals surface area contributed by atoms with E-state index < -0.39 is 5.92 Å². The van der Waals surface area contributed by atoms with Gasteiger partial charge in [0.25, 0.3) is 5.92 Å². The highest BCUT2D eigenvalue weighted by Crippen LogP contribution is 2.46. The zero-order valence-electron chi connectivity index (χ0n) is 6.03. The Morgan fingerprint density at radius 2 is 2.10 bits per heavy atom. The summed E-state index contributed by atoms with van der Waals surface area (Å²) in [6.45, 7) is 2.78. The van der Waals surface area contributed by atoms with Crippen LogP contribution in [0.4, 0.5) is 8.78 Å². The van der Waals surface area contributed by atoms with E-state index in [0.29, 0.717) is 0 Å². The van der Waals surface area contributed by atoms with Gasteiger partial charge in [-0.15, -0.1) is 0 Å². The van der Waals surface area contributed by atoms with Crippen molar-refractivity contribution in [2.75, 3.05) is 13.1 Å². The molecule has 2 saturated heterocycles. The third-order valence-electron chi connectivity index (χ3n) is 2.75. The third-order valence-corrected chi connectivity index (χ3v) is 2.75. The quantitative estimate of drug-likeness (QED) is 0.501. The number of halogens is 2. The molecule has 0 spiro atoms. The van der Waals surface area contributed by atoms with E-state index in [1.54, 1.807) is 0 Å². The van der Waals surface area contributed by atoms with Crippen molar-refractivity contribution < 1.29 is 8.78 Å². The molecule has 2 aliphatic rings. The number of nitrogens with zero attached hydrogens (tertiary/aromatic N) is 1. The molecule has 0 aliphatic carbocycles. The highest BCUT2D eigenvalue weighted by Gasteiger charge is 2.56. The first-order valence-corrected chi connectivity index (χ1v) is 3.65. The van der Waals surface area contributed by atoms with Crippen LogP contribution in [0.1, 0.15) is 19.8 Å². The van der Waals surface area contributed by atoms with Crippen molar-refractivity contribution >= 4 is 0 Å². The van der Waals surface area contributed by atoms with E-state index in [9.17, 15) is 8.78 Å². The van der Waals surface area contributed by atoms with Crippen molar-refractivity contribution in [3.63, 3.8) is 0 Å². The molecule has 2 rings (SSSR count). The minimum atomic E-state index is -2.41. The second kappa shape index (κ2) is 1.52. The summed E-state index contributed by atoms with van der Waals surface area (Å²) in [6.07, 6.45) is 1.02. The lowest BCUT2D eigenvalue weighted by Crippen LogP contribution is -2.53. The van der Waals surface area contributed by atoms with Gasteiger partial charge in [0.15, 0.2) is 0 Å². The fourth-order valence-electron chi connectivity index (χ4n) is 2.01. The van der Waals surface area contributed by atoms with E-state index in [2.05, 4.69) is 0 Å². The maximum atomic E-state index is 12.7. The molecule has 0 aromatic heterocycles. The lowest BCUT2D eigenvalue weighted by molar-refractivity contribution is 0.0129. The van der Waals surface area contributed by atoms with Crippen molar-refractivity contribution in [1.82, 2.24) is 4.90 Å². The number of rotatable bonds is 0. The molecule has 3 heteroatoms. The van der Waals surface area contributed by atoms with E-state index >= 15 is 0 Å². The lowest BCUT2D eigenvalue weighted by Gasteiger charge is -2.44. The molecule has 1 atom stereocenters. The summed E-state index contributed by atoms with van der Waals surface area (Å²) in [5.41, 5.74) is -0.149. The average molecular weight is 147 g/mol. The van der Waals surface area contributed by atoms with Gasteiger partial charge in [-0.2, -0.15) is 0 Å². The Morgan fingerprint density at radius 1 is 1.40 bits per heavy atom. The van der Waals surface area contributed by atoms with Gasteiger partial charge in [-0.3, -0.25) is 4.90 Å². The van der Waals surface area contributed by atoms with Gasteiger partial charge in [-0.05, 0) is 13.3 Å². The molecular formula is C7H11F2N. The van der Waals surface area contributed by atoms with Crippen molar-refractivity contribution in [2.24, 2.45) is 0 Å². The number of alkyl halides is 2. The van der Waals surface area contributed by atoms with Crippen LogP contribution in [0.25, 0.3) is 0 Å². The number of hydrogen-bond donors (Lipinski definition) is 0. The molecule has 0 saturated carbocycles. The first kappa shape index (κ1) is 6.53. The molecule has 1 nitrogen and oxygen atoms in total. The largest absolute Gasteiger partial charge is 0.292 e. The van der Waals surface area contributed by atoms with Crippen LogP contribution in [-0.2, 0) is 0 Å². The average Bonchev–Trinajstić information content (AvgIpc) is 1.91. The molecule has 1 unspecified atom stereocenters. The van der Waals surface area contributed by atoms with Gasteiger partial charge in [-0.25, -0.2) is 8.78 Å². The summed E-state index contributed by atoms with van der Waals surface area (Å²) in [5.74, 6) is -2.41. The van der Waals surface area contributed by atoms with Crippen LogP contribution in [0, 0.1) is 0 Å². The summed E-state index contributed by atoms with van der Waals surface area (Å²) in [5, 5.41) is 0. The maximum absolute atomic E-state index is 12.7. The van der Waals surface area contributed by atoms with Crippen LogP contribution in [-0.4, -0.2) is 29.5 Å². The summed E-state index contributed by atoms with van der Waals surface area (Å²) >= 11 is 0. The van der Waals surface area contributed by atoms with E-state index in [1.807, 2.05) is 11.8 Å². The van der Waals surface area contributed by atoms with Crippen molar-refractivity contribution in [3.8, 4) is 0 Å². The Labute approximate surface area is 59.0 Å². The standard InChI is InChI=1S/C7H11F2N/c1-6-2-3-10(6)5-7(8,9)4-6/h2-5H2,1H3. The zero-order valence-corrected chi connectivity index (χ0v) is 6.03. The second-order valence-corrected chi connectivity index (χ2v) is 3.70. The highest BCUT2D eigenvalue weighted by atomic mass is 19.3. The fraction of sp³-hybridized carbons (Fsp3) is 1.00. The minimum Gasteiger partial charge on any atom is -0.292 e. The normalized spacial score (nSPS) is 44.7. The van der Waals surface area contributed by atoms with Gasteiger partial charge in [0, 0.05) is 18.5 Å². The molecule has 10 heavy (non-hydrogen) atoms. The highest BCUT2D eigenvalue weighted by molar-refractivity contribution is 5.06. The SMILES string of the molecule is CC12CCN1CC(F)(F)C2. The predicted molar refractivity (Wildman–Crippen MR) is 34.2 cm³/mol. The molecule has 2 aliphatic heterocycles. The van der Waals surface area contributed by atoms with Crippen LogP contribution in [0.5, 0.6) is 0 Å². The Bertz CT molecular complexity index is 169. The van der Waals surface area contributed by atoms with Crippen LogP contribution in [0.3, 0.4) is 0 Å². The van der Waals surface area contributed by atoms with Crippen molar-refractivity contribution in [2.45, 2.75) is 31.2 Å². The monoisotopic (exact) mass is 147 g/mol. The summed E-state index contributed by atoms with van der Waals surface area (Å²) < 4.78 is 25.4. The Morgan fingerprint density at radius 3 is 2.30 bits per heavy atom. The Balaban J connectivity index is 2.17. The van der Waals surface area contributed by atoms with E-state index in [1.165, 1.54) is 0 Å². The van der Waals surface area contributed by atoms with Crippen LogP contribution < -0.4 is 0 Å². The Kier molecular flexibility index (Phi) is 0.994. The first-order valence-electron chi connectivity index (χ1n) is 3.65. The van der Waals surface area contributed by atoms with Gasteiger partial charge >= 0.3 is 0 Å². The molecule has 0 aromatic carbocycles. The first-order chi connectivity index (χ1) is 4.52. The summed E-state index contributed by atoms with van der Waals surface area (Å²) in [7, 11) is 0. The molecule has 0 bridgehead atoms. The fourth-order valence-corrected chi connectivity index (χ4v) is 2.01. The number of fused-ring (bicyclic) bond motifs is 1. The van der Waals surface area contributed by atoms with Crippen molar-refractivity contribution in [3.05, 3.63) is 0 Å². The van der Waals surface area contributed by atoms with E-state index in [0.717, 1.165) is 13.0 Å². The van der Waals surface area contributed by atoms with E-state index in [4.69, 9.17) is 0 Å². The molecular weight excluding hydrogens is 136 g/mol. The van der Waals surface area contributed by atoms with Gasteiger partial charge in [0.2, 0.25) is 0 Å². The van der Waals surface area contributed by atoms with Crippen molar-refractivity contribution in [1.29, 1.82) is 0 Å². The van der Waals surface area contributed by atoms with Gasteiger partial charge in [0.05, 0.1) is 6.54 Å². The van der Waals surface area contributed by atoms with Crippen LogP contribution in [0.2, 0.25) is 0 Å². The molecule has 2 fully saturated rings. The van der Waals surface area contributed by atoms with Crippen LogP contribution in [0.15, 0.2) is 0 Å². The smallest absolute Gasteiger partial charge is 0.262 e. The molecule has 0 aromatic rings.